The lowest BCUT2D eigenvalue weighted by Gasteiger charge is -2.08. The summed E-state index contributed by atoms with van der Waals surface area (Å²) < 4.78 is 7.43. The summed E-state index contributed by atoms with van der Waals surface area (Å²) in [6.45, 7) is 2.77. The molecule has 0 unspecified atom stereocenters. The summed E-state index contributed by atoms with van der Waals surface area (Å²) in [7, 11) is 0. The Morgan fingerprint density at radius 2 is 2.00 bits per heavy atom. The molecule has 0 aliphatic rings. The number of hydrogen-bond donors (Lipinski definition) is 1. The topological polar surface area (TPSA) is 94.0 Å². The summed E-state index contributed by atoms with van der Waals surface area (Å²) in [5.74, 6) is 2.59. The summed E-state index contributed by atoms with van der Waals surface area (Å²) in [6, 6.07) is 11.8. The van der Waals surface area contributed by atoms with E-state index in [2.05, 4.69) is 37.5 Å². The number of hydrogen-bond acceptors (Lipinski definition) is 7. The average molecular weight is 349 g/mol. The van der Waals surface area contributed by atoms with Gasteiger partial charge < -0.3 is 9.73 Å². The first-order chi connectivity index (χ1) is 12.8. The molecule has 0 aliphatic carbocycles. The number of nitrogens with one attached hydrogen (secondary N) is 1. The van der Waals surface area contributed by atoms with Crippen LogP contribution in [0.25, 0.3) is 17.2 Å². The summed E-state index contributed by atoms with van der Waals surface area (Å²) >= 11 is 0. The van der Waals surface area contributed by atoms with E-state index >= 15 is 0 Å². The van der Waals surface area contributed by atoms with Crippen LogP contribution in [0.3, 0.4) is 0 Å². The van der Waals surface area contributed by atoms with Gasteiger partial charge in [0.2, 0.25) is 11.8 Å². The quantitative estimate of drug-likeness (QED) is 0.548. The largest absolute Gasteiger partial charge is 0.421 e. The van der Waals surface area contributed by atoms with Crippen LogP contribution in [0.2, 0.25) is 0 Å². The first-order valence-corrected chi connectivity index (χ1v) is 8.65. The average Bonchev–Trinajstić information content (AvgIpc) is 3.32. The van der Waals surface area contributed by atoms with Crippen molar-refractivity contribution in [3.8, 4) is 11.5 Å². The first kappa shape index (κ1) is 16.2. The van der Waals surface area contributed by atoms with Crippen LogP contribution in [0.15, 0.2) is 47.1 Å². The van der Waals surface area contributed by atoms with Gasteiger partial charge in [0.25, 0.3) is 5.78 Å². The molecule has 0 saturated heterocycles. The van der Waals surface area contributed by atoms with E-state index in [-0.39, 0.29) is 0 Å². The van der Waals surface area contributed by atoms with Crippen molar-refractivity contribution in [2.75, 3.05) is 11.9 Å². The second-order valence-corrected chi connectivity index (χ2v) is 5.90. The molecular formula is C18H19N7O. The zero-order valence-corrected chi connectivity index (χ0v) is 14.5. The van der Waals surface area contributed by atoms with Crippen molar-refractivity contribution in [1.82, 2.24) is 29.8 Å². The minimum Gasteiger partial charge on any atom is -0.421 e. The van der Waals surface area contributed by atoms with Gasteiger partial charge in [0.05, 0.1) is 0 Å². The van der Waals surface area contributed by atoms with Gasteiger partial charge in [-0.3, -0.25) is 0 Å². The Morgan fingerprint density at radius 1 is 1.12 bits per heavy atom. The maximum absolute atomic E-state index is 5.73. The molecule has 0 amide bonds. The Kier molecular flexibility index (Phi) is 4.55. The molecule has 0 atom stereocenters. The molecule has 0 radical (unpaired) electrons. The van der Waals surface area contributed by atoms with E-state index in [1.807, 2.05) is 36.4 Å². The van der Waals surface area contributed by atoms with E-state index in [0.717, 1.165) is 29.9 Å². The lowest BCUT2D eigenvalue weighted by molar-refractivity contribution is 0.509. The first-order valence-electron chi connectivity index (χ1n) is 8.65. The van der Waals surface area contributed by atoms with Gasteiger partial charge in [-0.1, -0.05) is 31.5 Å². The van der Waals surface area contributed by atoms with Crippen molar-refractivity contribution in [1.29, 1.82) is 0 Å². The van der Waals surface area contributed by atoms with Gasteiger partial charge in [-0.15, -0.1) is 10.2 Å². The van der Waals surface area contributed by atoms with Crippen molar-refractivity contribution in [3.63, 3.8) is 0 Å². The summed E-state index contributed by atoms with van der Waals surface area (Å²) in [4.78, 5) is 8.68. The maximum Gasteiger partial charge on any atom is 0.254 e. The molecule has 4 rings (SSSR count). The molecule has 8 heteroatoms. The van der Waals surface area contributed by atoms with Crippen molar-refractivity contribution in [2.45, 2.75) is 26.2 Å². The highest BCUT2D eigenvalue weighted by molar-refractivity contribution is 5.51. The summed E-state index contributed by atoms with van der Waals surface area (Å²) in [5.41, 5.74) is 1.92. The molecule has 0 saturated carbocycles. The molecule has 0 fully saturated rings. The van der Waals surface area contributed by atoms with E-state index in [4.69, 9.17) is 4.42 Å². The molecule has 3 aromatic heterocycles. The molecule has 4 aromatic rings. The number of benzene rings is 1. The molecule has 0 aliphatic heterocycles. The second-order valence-electron chi connectivity index (χ2n) is 5.90. The molecule has 1 aromatic carbocycles. The van der Waals surface area contributed by atoms with Gasteiger partial charge in [-0.25, -0.2) is 4.98 Å². The Bertz CT molecular complexity index is 993. The van der Waals surface area contributed by atoms with Crippen molar-refractivity contribution in [3.05, 3.63) is 54.3 Å². The maximum atomic E-state index is 5.73. The standard InChI is InChI=1S/C18H19N7O/c1-2-6-14-11-15(25-18(22-14)20-12-21-25)19-10-9-16-23-24-17(26-16)13-7-4-3-5-8-13/h3-5,7-8,11-12,19H,2,6,9-10H2,1H3. The minimum absolute atomic E-state index is 0.536. The minimum atomic E-state index is 0.536. The summed E-state index contributed by atoms with van der Waals surface area (Å²) in [6.07, 6.45) is 4.05. The van der Waals surface area contributed by atoms with E-state index in [1.165, 1.54) is 6.33 Å². The Labute approximate surface area is 150 Å². The molecule has 132 valence electrons. The van der Waals surface area contributed by atoms with Crippen molar-refractivity contribution in [2.24, 2.45) is 0 Å². The SMILES string of the molecule is CCCc1cc(NCCc2nnc(-c3ccccc3)o2)n2ncnc2n1. The van der Waals surface area contributed by atoms with Crippen LogP contribution in [0.5, 0.6) is 0 Å². The predicted octanol–water partition coefficient (Wildman–Crippen LogP) is 2.78. The second kappa shape index (κ2) is 7.30. The lowest BCUT2D eigenvalue weighted by Crippen LogP contribution is -2.11. The Morgan fingerprint density at radius 3 is 2.85 bits per heavy atom. The number of anilines is 1. The van der Waals surface area contributed by atoms with Crippen LogP contribution in [0.4, 0.5) is 5.82 Å². The molecule has 3 heterocycles. The van der Waals surface area contributed by atoms with Crippen LogP contribution < -0.4 is 5.32 Å². The monoisotopic (exact) mass is 349 g/mol. The van der Waals surface area contributed by atoms with E-state index in [0.29, 0.717) is 30.5 Å². The number of aryl methyl sites for hydroxylation is 1. The Balaban J connectivity index is 1.44. The lowest BCUT2D eigenvalue weighted by atomic mass is 10.2. The predicted molar refractivity (Wildman–Crippen MR) is 96.7 cm³/mol. The number of nitrogens with zero attached hydrogens (tertiary/aromatic N) is 6. The smallest absolute Gasteiger partial charge is 0.254 e. The number of rotatable bonds is 7. The van der Waals surface area contributed by atoms with Gasteiger partial charge >= 0.3 is 0 Å². The van der Waals surface area contributed by atoms with Gasteiger partial charge in [0.1, 0.15) is 12.1 Å². The molecule has 0 bridgehead atoms. The fourth-order valence-corrected chi connectivity index (χ4v) is 2.72. The van der Waals surface area contributed by atoms with Crippen LogP contribution in [0.1, 0.15) is 24.9 Å². The van der Waals surface area contributed by atoms with Crippen LogP contribution in [-0.4, -0.2) is 36.3 Å². The third kappa shape index (κ3) is 3.39. The Hall–Kier alpha value is -3.29. The van der Waals surface area contributed by atoms with E-state index in [1.54, 1.807) is 4.52 Å². The third-order valence-electron chi connectivity index (χ3n) is 3.94. The third-order valence-corrected chi connectivity index (χ3v) is 3.94. The molecule has 26 heavy (non-hydrogen) atoms. The highest BCUT2D eigenvalue weighted by Gasteiger charge is 2.10. The van der Waals surface area contributed by atoms with Crippen LogP contribution >= 0.6 is 0 Å². The van der Waals surface area contributed by atoms with Crippen molar-refractivity contribution < 1.29 is 4.42 Å². The number of fused-ring (bicyclic) bond motifs is 1. The van der Waals surface area contributed by atoms with E-state index in [9.17, 15) is 0 Å². The molecule has 1 N–H and O–H groups in total. The molecule has 8 nitrogen and oxygen atoms in total. The van der Waals surface area contributed by atoms with Gasteiger partial charge in [0, 0.05) is 30.3 Å². The normalized spacial score (nSPS) is 11.1. The van der Waals surface area contributed by atoms with Gasteiger partial charge in [-0.2, -0.15) is 14.6 Å². The van der Waals surface area contributed by atoms with E-state index < -0.39 is 0 Å². The highest BCUT2D eigenvalue weighted by Crippen LogP contribution is 2.17. The zero-order valence-electron chi connectivity index (χ0n) is 14.5. The molecule has 0 spiro atoms. The summed E-state index contributed by atoms with van der Waals surface area (Å²) in [5, 5.41) is 15.8. The fraction of sp³-hybridized carbons (Fsp3) is 0.278. The zero-order chi connectivity index (χ0) is 17.8. The van der Waals surface area contributed by atoms with Crippen LogP contribution in [-0.2, 0) is 12.8 Å². The number of aromatic nitrogens is 6. The van der Waals surface area contributed by atoms with Crippen molar-refractivity contribution >= 4 is 11.6 Å². The fourth-order valence-electron chi connectivity index (χ4n) is 2.72. The van der Waals surface area contributed by atoms with Gasteiger partial charge in [-0.05, 0) is 18.6 Å². The van der Waals surface area contributed by atoms with Gasteiger partial charge in [0.15, 0.2) is 0 Å². The highest BCUT2D eigenvalue weighted by atomic mass is 16.4. The van der Waals surface area contributed by atoms with Crippen LogP contribution in [0, 0.1) is 0 Å². The molecular weight excluding hydrogens is 330 g/mol.